The molecule has 1 saturated heterocycles. The Balaban J connectivity index is 1.43. The van der Waals surface area contributed by atoms with Crippen molar-refractivity contribution in [3.63, 3.8) is 0 Å². The molecule has 4 rings (SSSR count). The number of rotatable bonds is 7. The molecule has 1 aromatic heterocycles. The van der Waals surface area contributed by atoms with Crippen molar-refractivity contribution in [1.29, 1.82) is 0 Å². The number of hydrogen-bond acceptors (Lipinski definition) is 8. The Morgan fingerprint density at radius 3 is 2.37 bits per heavy atom. The van der Waals surface area contributed by atoms with E-state index in [2.05, 4.69) is 24.8 Å². The van der Waals surface area contributed by atoms with Crippen LogP contribution in [0.3, 0.4) is 0 Å². The van der Waals surface area contributed by atoms with E-state index in [1.165, 1.54) is 42.8 Å². The number of benzene rings is 2. The topological polar surface area (TPSA) is 131 Å². The normalized spacial score (nSPS) is 15.7. The molecule has 35 heavy (non-hydrogen) atoms. The summed E-state index contributed by atoms with van der Waals surface area (Å²) in [5.74, 6) is -0.443. The molecule has 2 N–H and O–H groups in total. The molecule has 2 aromatic carbocycles. The first-order chi connectivity index (χ1) is 16.8. The van der Waals surface area contributed by atoms with Crippen LogP contribution in [0.5, 0.6) is 0 Å². The maximum Gasteiger partial charge on any atom is 0.354 e. The van der Waals surface area contributed by atoms with Crippen LogP contribution in [-0.4, -0.2) is 61.9 Å². The zero-order valence-corrected chi connectivity index (χ0v) is 20.2. The van der Waals surface area contributed by atoms with E-state index in [1.807, 2.05) is 24.3 Å². The van der Waals surface area contributed by atoms with Crippen LogP contribution in [0.1, 0.15) is 24.6 Å². The van der Waals surface area contributed by atoms with E-state index in [0.717, 1.165) is 22.9 Å². The van der Waals surface area contributed by atoms with Crippen LogP contribution in [0.4, 0.5) is 5.69 Å². The lowest BCUT2D eigenvalue weighted by molar-refractivity contribution is -0.138. The molecule has 0 spiro atoms. The zero-order valence-electron chi connectivity index (χ0n) is 19.4. The molecule has 0 bridgehead atoms. The SMILES string of the molecule is COC(=O)/C=C(/Nc1ccc(S(=O)(=O)N2CCC(c3nc4ccccc4[nH]3)CC2)cc1)C(=O)OC. The highest BCUT2D eigenvalue weighted by atomic mass is 32.2. The molecule has 10 nitrogen and oxygen atoms in total. The summed E-state index contributed by atoms with van der Waals surface area (Å²) in [5, 5.41) is 2.75. The molecule has 0 aliphatic carbocycles. The third-order valence-electron chi connectivity index (χ3n) is 5.89. The Bertz CT molecular complexity index is 1320. The van der Waals surface area contributed by atoms with E-state index in [1.54, 1.807) is 0 Å². The molecule has 0 unspecified atom stereocenters. The maximum atomic E-state index is 13.2. The lowest BCUT2D eigenvalue weighted by Gasteiger charge is -2.30. The van der Waals surface area contributed by atoms with Crippen LogP contribution in [0.15, 0.2) is 65.2 Å². The zero-order chi connectivity index (χ0) is 25.0. The van der Waals surface area contributed by atoms with Gasteiger partial charge in [0.05, 0.1) is 36.2 Å². The van der Waals surface area contributed by atoms with Gasteiger partial charge in [-0.15, -0.1) is 0 Å². The number of anilines is 1. The second kappa shape index (κ2) is 10.3. The summed E-state index contributed by atoms with van der Waals surface area (Å²) in [6.45, 7) is 0.775. The Kier molecular flexibility index (Phi) is 7.17. The number of aromatic amines is 1. The first-order valence-electron chi connectivity index (χ1n) is 11.0. The number of carbonyl (C=O) groups excluding carboxylic acids is 2. The fourth-order valence-electron chi connectivity index (χ4n) is 3.98. The van der Waals surface area contributed by atoms with Gasteiger partial charge in [-0.2, -0.15) is 4.31 Å². The first-order valence-corrected chi connectivity index (χ1v) is 12.5. The van der Waals surface area contributed by atoms with Crippen LogP contribution < -0.4 is 5.32 Å². The van der Waals surface area contributed by atoms with Gasteiger partial charge in [-0.1, -0.05) is 12.1 Å². The number of carbonyl (C=O) groups is 2. The minimum atomic E-state index is -3.69. The van der Waals surface area contributed by atoms with Gasteiger partial charge in [0.25, 0.3) is 0 Å². The van der Waals surface area contributed by atoms with Crippen molar-refractivity contribution in [2.75, 3.05) is 32.6 Å². The summed E-state index contributed by atoms with van der Waals surface area (Å²) < 4.78 is 37.0. The van der Waals surface area contributed by atoms with Gasteiger partial charge in [0.1, 0.15) is 11.5 Å². The summed E-state index contributed by atoms with van der Waals surface area (Å²) in [7, 11) is -1.32. The van der Waals surface area contributed by atoms with Crippen molar-refractivity contribution in [2.45, 2.75) is 23.7 Å². The summed E-state index contributed by atoms with van der Waals surface area (Å²) in [4.78, 5) is 31.6. The largest absolute Gasteiger partial charge is 0.466 e. The number of nitrogens with one attached hydrogen (secondary N) is 2. The Morgan fingerprint density at radius 1 is 1.06 bits per heavy atom. The van der Waals surface area contributed by atoms with Crippen molar-refractivity contribution in [1.82, 2.24) is 14.3 Å². The predicted octanol–water partition coefficient (Wildman–Crippen LogP) is 2.77. The average molecular weight is 499 g/mol. The van der Waals surface area contributed by atoms with E-state index in [9.17, 15) is 18.0 Å². The average Bonchev–Trinajstić information content (AvgIpc) is 3.32. The first kappa shape index (κ1) is 24.4. The highest BCUT2D eigenvalue weighted by molar-refractivity contribution is 7.89. The number of nitrogens with zero attached hydrogens (tertiary/aromatic N) is 2. The Morgan fingerprint density at radius 2 is 1.74 bits per heavy atom. The molecule has 0 saturated carbocycles. The summed E-state index contributed by atoms with van der Waals surface area (Å²) in [6.07, 6.45) is 2.29. The Hall–Kier alpha value is -3.70. The van der Waals surface area contributed by atoms with E-state index < -0.39 is 22.0 Å². The predicted molar refractivity (Wildman–Crippen MR) is 129 cm³/mol. The molecule has 0 radical (unpaired) electrons. The molecule has 1 aliphatic heterocycles. The molecule has 1 aliphatic rings. The number of piperidine rings is 1. The summed E-state index contributed by atoms with van der Waals surface area (Å²) >= 11 is 0. The molecular formula is C24H26N4O6S. The van der Waals surface area contributed by atoms with Crippen LogP contribution in [-0.2, 0) is 29.1 Å². The third kappa shape index (κ3) is 5.36. The van der Waals surface area contributed by atoms with Crippen LogP contribution in [0.25, 0.3) is 11.0 Å². The van der Waals surface area contributed by atoms with Crippen LogP contribution >= 0.6 is 0 Å². The van der Waals surface area contributed by atoms with E-state index in [4.69, 9.17) is 0 Å². The number of hydrogen-bond donors (Lipinski definition) is 2. The molecule has 2 heterocycles. The fourth-order valence-corrected chi connectivity index (χ4v) is 5.45. The number of H-pyrrole nitrogens is 1. The number of ether oxygens (including phenoxy) is 2. The van der Waals surface area contributed by atoms with Crippen molar-refractivity contribution < 1.29 is 27.5 Å². The molecular weight excluding hydrogens is 472 g/mol. The second-order valence-corrected chi connectivity index (χ2v) is 9.98. The lowest BCUT2D eigenvalue weighted by atomic mass is 9.97. The van der Waals surface area contributed by atoms with Crippen LogP contribution in [0.2, 0.25) is 0 Å². The van der Waals surface area contributed by atoms with Crippen LogP contribution in [0, 0.1) is 0 Å². The van der Waals surface area contributed by atoms with Gasteiger partial charge in [0, 0.05) is 24.7 Å². The second-order valence-electron chi connectivity index (χ2n) is 8.04. The van der Waals surface area contributed by atoms with Gasteiger partial charge in [-0.3, -0.25) is 0 Å². The van der Waals surface area contributed by atoms with Gasteiger partial charge in [0.15, 0.2) is 0 Å². The van der Waals surface area contributed by atoms with Crippen molar-refractivity contribution in [3.05, 3.63) is 66.1 Å². The number of esters is 2. The minimum absolute atomic E-state index is 0.136. The molecule has 11 heteroatoms. The maximum absolute atomic E-state index is 13.2. The lowest BCUT2D eigenvalue weighted by Crippen LogP contribution is -2.38. The molecule has 184 valence electrons. The van der Waals surface area contributed by atoms with Gasteiger partial charge < -0.3 is 19.8 Å². The Labute approximate surface area is 203 Å². The number of methoxy groups -OCH3 is 2. The van der Waals surface area contributed by atoms with E-state index in [-0.39, 0.29) is 16.5 Å². The molecule has 0 atom stereocenters. The number of para-hydroxylation sites is 2. The number of aromatic nitrogens is 2. The minimum Gasteiger partial charge on any atom is -0.466 e. The van der Waals surface area contributed by atoms with Gasteiger partial charge in [-0.25, -0.2) is 23.0 Å². The highest BCUT2D eigenvalue weighted by Gasteiger charge is 2.31. The summed E-state index contributed by atoms with van der Waals surface area (Å²) in [6, 6.07) is 13.8. The monoisotopic (exact) mass is 498 g/mol. The number of sulfonamides is 1. The molecule has 1 fully saturated rings. The fraction of sp³-hybridized carbons (Fsp3) is 0.292. The van der Waals surface area contributed by atoms with Gasteiger partial charge in [0.2, 0.25) is 10.0 Å². The highest BCUT2D eigenvalue weighted by Crippen LogP contribution is 2.30. The third-order valence-corrected chi connectivity index (χ3v) is 7.80. The number of fused-ring (bicyclic) bond motifs is 1. The number of imidazole rings is 1. The smallest absolute Gasteiger partial charge is 0.354 e. The standard InChI is InChI=1S/C24H26N4O6S/c1-33-22(29)15-21(24(30)34-2)25-17-7-9-18(10-8-17)35(31,32)28-13-11-16(12-14-28)23-26-19-5-3-4-6-20(19)27-23/h3-10,15-16,25H,11-14H2,1-2H3,(H,26,27)/b21-15+. The van der Waals surface area contributed by atoms with E-state index in [0.29, 0.717) is 31.6 Å². The van der Waals surface area contributed by atoms with Gasteiger partial charge in [-0.05, 0) is 49.2 Å². The van der Waals surface area contributed by atoms with Crippen molar-refractivity contribution >= 4 is 38.7 Å². The molecule has 0 amide bonds. The van der Waals surface area contributed by atoms with Gasteiger partial charge >= 0.3 is 11.9 Å². The molecule has 3 aromatic rings. The van der Waals surface area contributed by atoms with Crippen molar-refractivity contribution in [2.24, 2.45) is 0 Å². The van der Waals surface area contributed by atoms with E-state index >= 15 is 0 Å². The quantitative estimate of drug-likeness (QED) is 0.376. The summed E-state index contributed by atoms with van der Waals surface area (Å²) in [5.41, 5.74) is 2.15. The van der Waals surface area contributed by atoms with Crippen molar-refractivity contribution in [3.8, 4) is 0 Å².